The molecule has 0 amide bonds. The lowest BCUT2D eigenvalue weighted by molar-refractivity contribution is 0.0553. The predicted molar refractivity (Wildman–Crippen MR) is 106 cm³/mol. The molecule has 2 aromatic carbocycles. The van der Waals surface area contributed by atoms with Crippen LogP contribution in [0.4, 0.5) is 0 Å². The van der Waals surface area contributed by atoms with Gasteiger partial charge in [-0.05, 0) is 18.4 Å². The average Bonchev–Trinajstić information content (AvgIpc) is 3.13. The summed E-state index contributed by atoms with van der Waals surface area (Å²) in [5.41, 5.74) is 3.34. The lowest BCUT2D eigenvalue weighted by atomic mass is 10.0. The molecule has 0 spiro atoms. The second-order valence-corrected chi connectivity index (χ2v) is 6.45. The molecule has 6 nitrogen and oxygen atoms in total. The van der Waals surface area contributed by atoms with Crippen LogP contribution in [-0.4, -0.2) is 35.8 Å². The van der Waals surface area contributed by atoms with E-state index < -0.39 is 11.9 Å². The Hall–Kier alpha value is -3.67. The molecule has 2 aromatic heterocycles. The number of aryl methyl sites for hydroxylation is 1. The van der Waals surface area contributed by atoms with Crippen LogP contribution in [0.25, 0.3) is 27.5 Å². The molecule has 0 aliphatic heterocycles. The zero-order chi connectivity index (χ0) is 19.8. The molecule has 0 saturated carbocycles. The van der Waals surface area contributed by atoms with Gasteiger partial charge in [0.2, 0.25) is 0 Å². The SMILES string of the molecule is COC(=O)c1nn2c(-c3ccc(C)cc3)cc3ccccc3c2c1C(=O)OC. The fourth-order valence-electron chi connectivity index (χ4n) is 3.35. The standard InChI is InChI=1S/C22H18N2O4/c1-13-8-10-14(11-9-13)17-12-15-6-4-5-7-16(15)20-18(21(25)27-2)19(22(26)28-3)23-24(17)20/h4-12H,1-3H3. The summed E-state index contributed by atoms with van der Waals surface area (Å²) in [6.07, 6.45) is 0. The third-order valence-corrected chi connectivity index (χ3v) is 4.74. The zero-order valence-corrected chi connectivity index (χ0v) is 15.7. The number of ether oxygens (including phenoxy) is 2. The summed E-state index contributed by atoms with van der Waals surface area (Å²) in [6.45, 7) is 2.01. The van der Waals surface area contributed by atoms with Gasteiger partial charge in [0, 0.05) is 10.9 Å². The minimum atomic E-state index is -0.692. The number of pyridine rings is 1. The number of hydrogen-bond acceptors (Lipinski definition) is 5. The molecule has 4 rings (SSSR count). The third kappa shape index (κ3) is 2.70. The largest absolute Gasteiger partial charge is 0.465 e. The number of benzene rings is 2. The lowest BCUT2D eigenvalue weighted by Crippen LogP contribution is -2.10. The molecule has 0 saturated heterocycles. The highest BCUT2D eigenvalue weighted by Crippen LogP contribution is 2.32. The number of fused-ring (bicyclic) bond motifs is 3. The van der Waals surface area contributed by atoms with Crippen LogP contribution in [0.2, 0.25) is 0 Å². The Morgan fingerprint density at radius 3 is 2.29 bits per heavy atom. The summed E-state index contributed by atoms with van der Waals surface area (Å²) in [5.74, 6) is -1.33. The predicted octanol–water partition coefficient (Wildman–Crippen LogP) is 4.04. The van der Waals surface area contributed by atoms with Gasteiger partial charge in [-0.1, -0.05) is 54.1 Å². The number of hydrogen-bond donors (Lipinski definition) is 0. The first-order valence-corrected chi connectivity index (χ1v) is 8.73. The van der Waals surface area contributed by atoms with Gasteiger partial charge in [-0.25, -0.2) is 14.1 Å². The smallest absolute Gasteiger partial charge is 0.359 e. The number of nitrogens with zero attached hydrogens (tertiary/aromatic N) is 2. The molecule has 0 aliphatic carbocycles. The van der Waals surface area contributed by atoms with Crippen molar-refractivity contribution in [2.75, 3.05) is 14.2 Å². The van der Waals surface area contributed by atoms with E-state index in [1.807, 2.05) is 61.5 Å². The Labute approximate surface area is 161 Å². The van der Waals surface area contributed by atoms with Gasteiger partial charge in [0.15, 0.2) is 5.69 Å². The molecular weight excluding hydrogens is 356 g/mol. The maximum atomic E-state index is 12.6. The van der Waals surface area contributed by atoms with E-state index in [-0.39, 0.29) is 11.3 Å². The molecular formula is C22H18N2O4. The molecule has 0 aliphatic rings. The van der Waals surface area contributed by atoms with Crippen molar-refractivity contribution in [1.82, 2.24) is 9.61 Å². The van der Waals surface area contributed by atoms with Crippen molar-refractivity contribution in [3.63, 3.8) is 0 Å². The first kappa shape index (κ1) is 17.7. The van der Waals surface area contributed by atoms with Crippen molar-refractivity contribution in [1.29, 1.82) is 0 Å². The van der Waals surface area contributed by atoms with Crippen molar-refractivity contribution in [2.24, 2.45) is 0 Å². The molecule has 2 heterocycles. The van der Waals surface area contributed by atoms with Crippen LogP contribution in [0.1, 0.15) is 26.4 Å². The fourth-order valence-corrected chi connectivity index (χ4v) is 3.35. The molecule has 4 aromatic rings. The van der Waals surface area contributed by atoms with Crippen LogP contribution in [0.5, 0.6) is 0 Å². The molecule has 0 atom stereocenters. The number of rotatable bonds is 3. The summed E-state index contributed by atoms with van der Waals surface area (Å²) in [7, 11) is 2.53. The molecule has 140 valence electrons. The Balaban J connectivity index is 2.19. The topological polar surface area (TPSA) is 69.9 Å². The second-order valence-electron chi connectivity index (χ2n) is 6.45. The maximum absolute atomic E-state index is 12.6. The maximum Gasteiger partial charge on any atom is 0.359 e. The Kier molecular flexibility index (Phi) is 4.31. The van der Waals surface area contributed by atoms with E-state index in [0.717, 1.165) is 27.6 Å². The summed E-state index contributed by atoms with van der Waals surface area (Å²) >= 11 is 0. The monoisotopic (exact) mass is 374 g/mol. The number of carbonyl (C=O) groups excluding carboxylic acids is 2. The molecule has 0 fully saturated rings. The van der Waals surface area contributed by atoms with Crippen LogP contribution in [0.3, 0.4) is 0 Å². The second kappa shape index (κ2) is 6.81. The summed E-state index contributed by atoms with van der Waals surface area (Å²) in [4.78, 5) is 24.9. The highest BCUT2D eigenvalue weighted by atomic mass is 16.5. The molecule has 0 unspecified atom stereocenters. The summed E-state index contributed by atoms with van der Waals surface area (Å²) in [6, 6.07) is 17.6. The quantitative estimate of drug-likeness (QED) is 0.506. The minimum absolute atomic E-state index is 0.0703. The number of aromatic nitrogens is 2. The van der Waals surface area contributed by atoms with E-state index in [2.05, 4.69) is 5.10 Å². The summed E-state index contributed by atoms with van der Waals surface area (Å²) in [5, 5.41) is 6.16. The Morgan fingerprint density at radius 2 is 1.61 bits per heavy atom. The first-order chi connectivity index (χ1) is 13.5. The van der Waals surface area contributed by atoms with Crippen LogP contribution < -0.4 is 0 Å². The van der Waals surface area contributed by atoms with Gasteiger partial charge in [-0.2, -0.15) is 5.10 Å². The van der Waals surface area contributed by atoms with Crippen molar-refractivity contribution in [3.05, 3.63) is 71.4 Å². The molecule has 6 heteroatoms. The van der Waals surface area contributed by atoms with Crippen LogP contribution >= 0.6 is 0 Å². The van der Waals surface area contributed by atoms with Gasteiger partial charge in [0.25, 0.3) is 0 Å². The normalized spacial score (nSPS) is 11.0. The molecule has 0 N–H and O–H groups in total. The van der Waals surface area contributed by atoms with Gasteiger partial charge in [0.05, 0.1) is 25.4 Å². The number of esters is 2. The zero-order valence-electron chi connectivity index (χ0n) is 15.7. The fraction of sp³-hybridized carbons (Fsp3) is 0.136. The van der Waals surface area contributed by atoms with Crippen molar-refractivity contribution >= 4 is 28.2 Å². The number of methoxy groups -OCH3 is 2. The van der Waals surface area contributed by atoms with Gasteiger partial charge in [-0.3, -0.25) is 0 Å². The van der Waals surface area contributed by atoms with Gasteiger partial charge in [-0.15, -0.1) is 0 Å². The Morgan fingerprint density at radius 1 is 0.929 bits per heavy atom. The van der Waals surface area contributed by atoms with E-state index in [9.17, 15) is 9.59 Å². The molecule has 0 radical (unpaired) electrons. The van der Waals surface area contributed by atoms with Crippen molar-refractivity contribution in [2.45, 2.75) is 6.92 Å². The van der Waals surface area contributed by atoms with Crippen LogP contribution in [-0.2, 0) is 9.47 Å². The molecule has 0 bridgehead atoms. The van der Waals surface area contributed by atoms with E-state index in [0.29, 0.717) is 5.52 Å². The van der Waals surface area contributed by atoms with Gasteiger partial charge < -0.3 is 9.47 Å². The lowest BCUT2D eigenvalue weighted by Gasteiger charge is -2.10. The van der Waals surface area contributed by atoms with Crippen molar-refractivity contribution < 1.29 is 19.1 Å². The van der Waals surface area contributed by atoms with Gasteiger partial charge in [0.1, 0.15) is 5.56 Å². The van der Waals surface area contributed by atoms with Crippen LogP contribution in [0, 0.1) is 6.92 Å². The van der Waals surface area contributed by atoms with Crippen LogP contribution in [0.15, 0.2) is 54.6 Å². The van der Waals surface area contributed by atoms with E-state index in [1.54, 1.807) is 4.52 Å². The first-order valence-electron chi connectivity index (χ1n) is 8.73. The minimum Gasteiger partial charge on any atom is -0.465 e. The van der Waals surface area contributed by atoms with E-state index >= 15 is 0 Å². The molecule has 28 heavy (non-hydrogen) atoms. The highest BCUT2D eigenvalue weighted by Gasteiger charge is 2.28. The number of carbonyl (C=O) groups is 2. The average molecular weight is 374 g/mol. The third-order valence-electron chi connectivity index (χ3n) is 4.74. The van der Waals surface area contributed by atoms with E-state index in [1.165, 1.54) is 14.2 Å². The van der Waals surface area contributed by atoms with Gasteiger partial charge >= 0.3 is 11.9 Å². The van der Waals surface area contributed by atoms with E-state index in [4.69, 9.17) is 9.47 Å². The highest BCUT2D eigenvalue weighted by molar-refractivity contribution is 6.14. The van der Waals surface area contributed by atoms with Crippen molar-refractivity contribution in [3.8, 4) is 11.3 Å². The summed E-state index contributed by atoms with van der Waals surface area (Å²) < 4.78 is 11.4. The Bertz CT molecular complexity index is 1220.